The maximum Gasteiger partial charge on any atom is 0.239 e. The van der Waals surface area contributed by atoms with Crippen molar-refractivity contribution in [3.05, 3.63) is 21.9 Å². The Morgan fingerprint density at radius 2 is 2.19 bits per heavy atom. The van der Waals surface area contributed by atoms with Crippen LogP contribution in [-0.4, -0.2) is 25.0 Å². The Hall–Kier alpha value is -0.870. The van der Waals surface area contributed by atoms with E-state index in [0.717, 1.165) is 6.42 Å². The zero-order valence-corrected chi connectivity index (χ0v) is 11.2. The monoisotopic (exact) mass is 240 g/mol. The number of carbonyl (C=O) groups is 1. The first kappa shape index (κ1) is 13.2. The molecular formula is C12H20N2OS. The van der Waals surface area contributed by atoms with Crippen molar-refractivity contribution in [1.82, 2.24) is 10.6 Å². The second kappa shape index (κ2) is 5.46. The van der Waals surface area contributed by atoms with Crippen molar-refractivity contribution >= 4 is 17.2 Å². The van der Waals surface area contributed by atoms with Crippen LogP contribution in [0.2, 0.25) is 0 Å². The normalized spacial score (nSPS) is 11.5. The van der Waals surface area contributed by atoms with Crippen LogP contribution in [0.25, 0.3) is 0 Å². The Kier molecular flexibility index (Phi) is 4.50. The van der Waals surface area contributed by atoms with Crippen LogP contribution >= 0.6 is 11.3 Å². The Balaban J connectivity index is 2.37. The van der Waals surface area contributed by atoms with Gasteiger partial charge in [-0.3, -0.25) is 4.79 Å². The summed E-state index contributed by atoms with van der Waals surface area (Å²) in [5.41, 5.74) is 0.817. The van der Waals surface area contributed by atoms with Gasteiger partial charge < -0.3 is 10.6 Å². The quantitative estimate of drug-likeness (QED) is 0.822. The van der Waals surface area contributed by atoms with Crippen LogP contribution < -0.4 is 10.6 Å². The molecule has 1 aromatic rings. The lowest BCUT2D eigenvalue weighted by Crippen LogP contribution is -2.51. The fourth-order valence-electron chi connectivity index (χ4n) is 1.28. The van der Waals surface area contributed by atoms with Crippen LogP contribution in [-0.2, 0) is 11.2 Å². The van der Waals surface area contributed by atoms with Crippen LogP contribution in [0.15, 0.2) is 11.4 Å². The van der Waals surface area contributed by atoms with E-state index in [-0.39, 0.29) is 5.91 Å². The highest BCUT2D eigenvalue weighted by atomic mass is 32.1. The molecule has 1 heterocycles. The summed E-state index contributed by atoms with van der Waals surface area (Å²) >= 11 is 1.75. The van der Waals surface area contributed by atoms with E-state index in [1.54, 1.807) is 18.4 Å². The van der Waals surface area contributed by atoms with Gasteiger partial charge in [0, 0.05) is 11.4 Å². The molecule has 0 aromatic carbocycles. The molecule has 3 nitrogen and oxygen atoms in total. The van der Waals surface area contributed by atoms with Gasteiger partial charge in [0.25, 0.3) is 0 Å². The van der Waals surface area contributed by atoms with Crippen molar-refractivity contribution in [2.24, 2.45) is 0 Å². The minimum absolute atomic E-state index is 0.0456. The molecular weight excluding hydrogens is 220 g/mol. The van der Waals surface area contributed by atoms with E-state index in [4.69, 9.17) is 0 Å². The lowest BCUT2D eigenvalue weighted by molar-refractivity contribution is -0.126. The van der Waals surface area contributed by atoms with Gasteiger partial charge in [-0.05, 0) is 51.2 Å². The van der Waals surface area contributed by atoms with Crippen molar-refractivity contribution in [1.29, 1.82) is 0 Å². The maximum absolute atomic E-state index is 11.7. The number of rotatable bonds is 5. The third-order valence-corrected chi connectivity index (χ3v) is 3.88. The molecule has 0 atom stereocenters. The lowest BCUT2D eigenvalue weighted by Gasteiger charge is -2.22. The Morgan fingerprint density at radius 3 is 2.69 bits per heavy atom. The zero-order chi connectivity index (χ0) is 12.2. The average Bonchev–Trinajstić information content (AvgIpc) is 2.64. The van der Waals surface area contributed by atoms with Crippen molar-refractivity contribution in [3.63, 3.8) is 0 Å². The number of hydrogen-bond acceptors (Lipinski definition) is 3. The lowest BCUT2D eigenvalue weighted by atomic mass is 10.1. The van der Waals surface area contributed by atoms with Gasteiger partial charge in [-0.15, -0.1) is 11.3 Å². The highest BCUT2D eigenvalue weighted by Gasteiger charge is 2.24. The molecule has 0 aliphatic rings. The van der Waals surface area contributed by atoms with Crippen molar-refractivity contribution in [3.8, 4) is 0 Å². The van der Waals surface area contributed by atoms with E-state index in [1.807, 2.05) is 13.8 Å². The molecule has 0 radical (unpaired) electrons. The van der Waals surface area contributed by atoms with Crippen LogP contribution in [0.4, 0.5) is 0 Å². The van der Waals surface area contributed by atoms with Gasteiger partial charge in [0.2, 0.25) is 5.91 Å². The minimum Gasteiger partial charge on any atom is -0.354 e. The number of thiophene rings is 1. The number of hydrogen-bond donors (Lipinski definition) is 2. The van der Waals surface area contributed by atoms with Crippen molar-refractivity contribution < 1.29 is 4.79 Å². The van der Waals surface area contributed by atoms with Crippen LogP contribution in [0.5, 0.6) is 0 Å². The fraction of sp³-hybridized carbons (Fsp3) is 0.583. The van der Waals surface area contributed by atoms with E-state index >= 15 is 0 Å². The predicted octanol–water partition coefficient (Wildman–Crippen LogP) is 1.71. The molecule has 1 amide bonds. The summed E-state index contributed by atoms with van der Waals surface area (Å²) in [7, 11) is 1.79. The highest BCUT2D eigenvalue weighted by Crippen LogP contribution is 2.15. The maximum atomic E-state index is 11.7. The summed E-state index contributed by atoms with van der Waals surface area (Å²) in [5.74, 6) is 0.0456. The summed E-state index contributed by atoms with van der Waals surface area (Å²) in [4.78, 5) is 13.1. The van der Waals surface area contributed by atoms with Gasteiger partial charge in [0.1, 0.15) is 0 Å². The second-order valence-corrected chi connectivity index (χ2v) is 5.41. The number of amides is 1. The van der Waals surface area contributed by atoms with Crippen molar-refractivity contribution in [2.75, 3.05) is 13.6 Å². The summed E-state index contributed by atoms with van der Waals surface area (Å²) in [5, 5.41) is 8.02. The standard InChI is InChI=1S/C12H20N2OS/c1-9-6-8-16-10(9)5-7-14-11(15)12(2,3)13-4/h6,8,13H,5,7H2,1-4H3,(H,14,15). The number of nitrogens with one attached hydrogen (secondary N) is 2. The summed E-state index contributed by atoms with van der Waals surface area (Å²) in [6, 6.07) is 2.11. The molecule has 16 heavy (non-hydrogen) atoms. The number of likely N-dealkylation sites (N-methyl/N-ethyl adjacent to an activating group) is 1. The third kappa shape index (κ3) is 3.32. The number of aryl methyl sites for hydroxylation is 1. The van der Waals surface area contributed by atoms with Crippen molar-refractivity contribution in [2.45, 2.75) is 32.7 Å². The van der Waals surface area contributed by atoms with E-state index in [9.17, 15) is 4.79 Å². The van der Waals surface area contributed by atoms with Gasteiger partial charge in [-0.2, -0.15) is 0 Å². The molecule has 0 spiro atoms. The molecule has 0 unspecified atom stereocenters. The van der Waals surface area contributed by atoms with Gasteiger partial charge in [-0.1, -0.05) is 0 Å². The van der Waals surface area contributed by atoms with Crippen LogP contribution in [0.1, 0.15) is 24.3 Å². The Morgan fingerprint density at radius 1 is 1.50 bits per heavy atom. The van der Waals surface area contributed by atoms with Gasteiger partial charge in [-0.25, -0.2) is 0 Å². The van der Waals surface area contributed by atoms with E-state index in [1.165, 1.54) is 10.4 Å². The molecule has 1 aromatic heterocycles. The number of carbonyl (C=O) groups excluding carboxylic acids is 1. The second-order valence-electron chi connectivity index (χ2n) is 4.41. The van der Waals surface area contributed by atoms with E-state index in [2.05, 4.69) is 29.0 Å². The molecule has 0 saturated carbocycles. The molecule has 90 valence electrons. The molecule has 0 aliphatic heterocycles. The molecule has 0 bridgehead atoms. The molecule has 0 saturated heterocycles. The predicted molar refractivity (Wildman–Crippen MR) is 68.9 cm³/mol. The third-order valence-electron chi connectivity index (χ3n) is 2.80. The smallest absolute Gasteiger partial charge is 0.239 e. The molecule has 0 fully saturated rings. The summed E-state index contributed by atoms with van der Waals surface area (Å²) in [6.07, 6.45) is 0.912. The van der Waals surface area contributed by atoms with E-state index < -0.39 is 5.54 Å². The Labute approximate surface area is 101 Å². The first-order valence-corrected chi connectivity index (χ1v) is 6.35. The topological polar surface area (TPSA) is 41.1 Å². The van der Waals surface area contributed by atoms with Crippen LogP contribution in [0, 0.1) is 6.92 Å². The fourth-order valence-corrected chi connectivity index (χ4v) is 2.19. The minimum atomic E-state index is -0.496. The Bertz CT molecular complexity index is 358. The largest absolute Gasteiger partial charge is 0.354 e. The van der Waals surface area contributed by atoms with E-state index in [0.29, 0.717) is 6.54 Å². The van der Waals surface area contributed by atoms with Gasteiger partial charge in [0.05, 0.1) is 5.54 Å². The molecule has 4 heteroatoms. The first-order valence-electron chi connectivity index (χ1n) is 5.47. The molecule has 0 aliphatic carbocycles. The average molecular weight is 240 g/mol. The summed E-state index contributed by atoms with van der Waals surface area (Å²) < 4.78 is 0. The van der Waals surface area contributed by atoms with Gasteiger partial charge in [0.15, 0.2) is 0 Å². The molecule has 2 N–H and O–H groups in total. The first-order chi connectivity index (χ1) is 7.47. The zero-order valence-electron chi connectivity index (χ0n) is 10.4. The van der Waals surface area contributed by atoms with Crippen LogP contribution in [0.3, 0.4) is 0 Å². The highest BCUT2D eigenvalue weighted by molar-refractivity contribution is 7.10. The molecule has 1 rings (SSSR count). The SMILES string of the molecule is CNC(C)(C)C(=O)NCCc1sccc1C. The summed E-state index contributed by atoms with van der Waals surface area (Å²) in [6.45, 7) is 6.55. The van der Waals surface area contributed by atoms with Gasteiger partial charge >= 0.3 is 0 Å².